The number of hydrogen-bond acceptors (Lipinski definition) is 3. The second-order valence-electron chi connectivity index (χ2n) is 4.96. The highest BCUT2D eigenvalue weighted by Crippen LogP contribution is 2.32. The SMILES string of the molecule is CC(C)(C)OC(=O)NCC1CCC1C#N. The minimum absolute atomic E-state index is 0.111. The van der Waals surface area contributed by atoms with Gasteiger partial charge in [-0.3, -0.25) is 0 Å². The van der Waals surface area contributed by atoms with Crippen LogP contribution in [0.25, 0.3) is 0 Å². The van der Waals surface area contributed by atoms with Crippen LogP contribution in [0.15, 0.2) is 0 Å². The number of hydrogen-bond donors (Lipinski definition) is 1. The zero-order chi connectivity index (χ0) is 11.5. The summed E-state index contributed by atoms with van der Waals surface area (Å²) >= 11 is 0. The maximum atomic E-state index is 11.3. The molecule has 15 heavy (non-hydrogen) atoms. The van der Waals surface area contributed by atoms with Crippen molar-refractivity contribution in [3.63, 3.8) is 0 Å². The molecule has 1 aliphatic carbocycles. The third-order valence-corrected chi connectivity index (χ3v) is 2.49. The maximum absolute atomic E-state index is 11.3. The van der Waals surface area contributed by atoms with Gasteiger partial charge in [-0.25, -0.2) is 4.79 Å². The molecule has 0 spiro atoms. The first-order valence-corrected chi connectivity index (χ1v) is 5.29. The second-order valence-corrected chi connectivity index (χ2v) is 4.96. The van der Waals surface area contributed by atoms with Gasteiger partial charge in [0.1, 0.15) is 5.60 Å². The Labute approximate surface area is 90.6 Å². The molecule has 2 atom stereocenters. The molecule has 4 nitrogen and oxygen atoms in total. The van der Waals surface area contributed by atoms with Crippen molar-refractivity contribution in [2.24, 2.45) is 11.8 Å². The predicted molar refractivity (Wildman–Crippen MR) is 56.1 cm³/mol. The van der Waals surface area contributed by atoms with Crippen LogP contribution in [0.5, 0.6) is 0 Å². The van der Waals surface area contributed by atoms with E-state index >= 15 is 0 Å². The standard InChI is InChI=1S/C11H18N2O2/c1-11(2,3)15-10(14)13-7-9-5-4-8(9)6-12/h8-9H,4-5,7H2,1-3H3,(H,13,14). The Hall–Kier alpha value is -1.24. The van der Waals surface area contributed by atoms with Gasteiger partial charge in [0.2, 0.25) is 0 Å². The van der Waals surface area contributed by atoms with Crippen molar-refractivity contribution in [2.45, 2.75) is 39.2 Å². The monoisotopic (exact) mass is 210 g/mol. The summed E-state index contributed by atoms with van der Waals surface area (Å²) in [6, 6.07) is 2.23. The van der Waals surface area contributed by atoms with E-state index in [1.54, 1.807) is 0 Å². The Morgan fingerprint density at radius 3 is 2.60 bits per heavy atom. The fourth-order valence-corrected chi connectivity index (χ4v) is 1.51. The smallest absolute Gasteiger partial charge is 0.407 e. The fraction of sp³-hybridized carbons (Fsp3) is 0.818. The summed E-state index contributed by atoms with van der Waals surface area (Å²) in [4.78, 5) is 11.3. The maximum Gasteiger partial charge on any atom is 0.407 e. The summed E-state index contributed by atoms with van der Waals surface area (Å²) in [5.41, 5.74) is -0.460. The van der Waals surface area contributed by atoms with Gasteiger partial charge in [-0.2, -0.15) is 5.26 Å². The number of alkyl carbamates (subject to hydrolysis) is 1. The third kappa shape index (κ3) is 3.78. The average Bonchev–Trinajstić information content (AvgIpc) is 1.99. The molecule has 1 saturated carbocycles. The lowest BCUT2D eigenvalue weighted by molar-refractivity contribution is 0.0502. The highest BCUT2D eigenvalue weighted by atomic mass is 16.6. The van der Waals surface area contributed by atoms with E-state index in [0.29, 0.717) is 12.5 Å². The van der Waals surface area contributed by atoms with Crippen LogP contribution in [0.3, 0.4) is 0 Å². The van der Waals surface area contributed by atoms with Crippen molar-refractivity contribution >= 4 is 6.09 Å². The molecule has 0 radical (unpaired) electrons. The Bertz CT molecular complexity index is 275. The largest absolute Gasteiger partial charge is 0.444 e. The van der Waals surface area contributed by atoms with E-state index in [-0.39, 0.29) is 5.92 Å². The van der Waals surface area contributed by atoms with Gasteiger partial charge in [-0.1, -0.05) is 0 Å². The lowest BCUT2D eigenvalue weighted by atomic mass is 9.74. The van der Waals surface area contributed by atoms with Crippen molar-refractivity contribution in [1.29, 1.82) is 5.26 Å². The minimum atomic E-state index is -0.460. The summed E-state index contributed by atoms with van der Waals surface area (Å²) in [6.07, 6.45) is 1.58. The molecule has 0 heterocycles. The average molecular weight is 210 g/mol. The molecule has 0 saturated heterocycles. The van der Waals surface area contributed by atoms with Gasteiger partial charge >= 0.3 is 6.09 Å². The van der Waals surface area contributed by atoms with Crippen LogP contribution in [0.1, 0.15) is 33.6 Å². The topological polar surface area (TPSA) is 62.1 Å². The van der Waals surface area contributed by atoms with Gasteiger partial charge in [0, 0.05) is 6.54 Å². The van der Waals surface area contributed by atoms with Gasteiger partial charge in [0.15, 0.2) is 0 Å². The molecule has 1 amide bonds. The Morgan fingerprint density at radius 1 is 1.53 bits per heavy atom. The van der Waals surface area contributed by atoms with Crippen LogP contribution < -0.4 is 5.32 Å². The minimum Gasteiger partial charge on any atom is -0.444 e. The quantitative estimate of drug-likeness (QED) is 0.758. The predicted octanol–water partition coefficient (Wildman–Crippen LogP) is 2.06. The van der Waals surface area contributed by atoms with Gasteiger partial charge < -0.3 is 10.1 Å². The molecular formula is C11H18N2O2. The number of carbonyl (C=O) groups is 1. The molecule has 1 rings (SSSR count). The third-order valence-electron chi connectivity index (χ3n) is 2.49. The summed E-state index contributed by atoms with van der Waals surface area (Å²) in [6.45, 7) is 6.03. The molecule has 1 N–H and O–H groups in total. The van der Waals surface area contributed by atoms with Gasteiger partial charge in [-0.05, 0) is 39.5 Å². The molecule has 4 heteroatoms. The van der Waals surface area contributed by atoms with E-state index in [1.807, 2.05) is 20.8 Å². The number of nitriles is 1. The molecule has 0 aromatic rings. The van der Waals surface area contributed by atoms with E-state index in [9.17, 15) is 4.79 Å². The van der Waals surface area contributed by atoms with Crippen molar-refractivity contribution in [3.05, 3.63) is 0 Å². The summed E-state index contributed by atoms with van der Waals surface area (Å²) < 4.78 is 5.09. The number of rotatable bonds is 2. The molecule has 1 fully saturated rings. The molecule has 0 aromatic heterocycles. The van der Waals surface area contributed by atoms with E-state index < -0.39 is 11.7 Å². The van der Waals surface area contributed by atoms with Crippen LogP contribution in [0.4, 0.5) is 4.79 Å². The normalized spacial score (nSPS) is 24.9. The second kappa shape index (κ2) is 4.52. The number of amides is 1. The van der Waals surface area contributed by atoms with Crippen LogP contribution in [-0.4, -0.2) is 18.2 Å². The van der Waals surface area contributed by atoms with Crippen molar-refractivity contribution in [3.8, 4) is 6.07 Å². The van der Waals surface area contributed by atoms with Crippen molar-refractivity contribution < 1.29 is 9.53 Å². The molecule has 0 aromatic carbocycles. The zero-order valence-corrected chi connectivity index (χ0v) is 9.54. The fourth-order valence-electron chi connectivity index (χ4n) is 1.51. The number of ether oxygens (including phenoxy) is 1. The van der Waals surface area contributed by atoms with Gasteiger partial charge in [0.05, 0.1) is 12.0 Å². The summed E-state index contributed by atoms with van der Waals surface area (Å²) in [5.74, 6) is 0.419. The van der Waals surface area contributed by atoms with E-state index in [4.69, 9.17) is 10.00 Å². The molecule has 2 unspecified atom stereocenters. The first-order valence-electron chi connectivity index (χ1n) is 5.29. The van der Waals surface area contributed by atoms with Gasteiger partial charge in [0.25, 0.3) is 0 Å². The van der Waals surface area contributed by atoms with Crippen LogP contribution in [0, 0.1) is 23.2 Å². The number of carbonyl (C=O) groups excluding carboxylic acids is 1. The lowest BCUT2D eigenvalue weighted by Crippen LogP contribution is -2.39. The Morgan fingerprint density at radius 2 is 2.20 bits per heavy atom. The summed E-state index contributed by atoms with van der Waals surface area (Å²) in [7, 11) is 0. The Kier molecular flexibility index (Phi) is 3.57. The van der Waals surface area contributed by atoms with Crippen molar-refractivity contribution in [1.82, 2.24) is 5.32 Å². The number of nitrogens with one attached hydrogen (secondary N) is 1. The molecule has 1 aliphatic rings. The van der Waals surface area contributed by atoms with E-state index in [1.165, 1.54) is 0 Å². The van der Waals surface area contributed by atoms with Gasteiger partial charge in [-0.15, -0.1) is 0 Å². The van der Waals surface area contributed by atoms with Crippen LogP contribution >= 0.6 is 0 Å². The molecule has 0 aliphatic heterocycles. The van der Waals surface area contributed by atoms with Crippen LogP contribution in [-0.2, 0) is 4.74 Å². The van der Waals surface area contributed by atoms with E-state index in [2.05, 4.69) is 11.4 Å². The lowest BCUT2D eigenvalue weighted by Gasteiger charge is -2.31. The van der Waals surface area contributed by atoms with Crippen LogP contribution in [0.2, 0.25) is 0 Å². The van der Waals surface area contributed by atoms with E-state index in [0.717, 1.165) is 12.8 Å². The van der Waals surface area contributed by atoms with Crippen molar-refractivity contribution in [2.75, 3.05) is 6.54 Å². The molecule has 84 valence electrons. The Balaban J connectivity index is 2.21. The first-order chi connectivity index (χ1) is 6.92. The summed E-state index contributed by atoms with van der Waals surface area (Å²) in [5, 5.41) is 11.4. The zero-order valence-electron chi connectivity index (χ0n) is 9.54. The number of nitrogens with zero attached hydrogens (tertiary/aromatic N) is 1. The molecular weight excluding hydrogens is 192 g/mol. The molecule has 0 bridgehead atoms. The first kappa shape index (κ1) is 11.8. The highest BCUT2D eigenvalue weighted by Gasteiger charge is 2.31. The highest BCUT2D eigenvalue weighted by molar-refractivity contribution is 5.67.